The fraction of sp³-hybridized carbons (Fsp3) is 0.750. The van der Waals surface area contributed by atoms with E-state index in [2.05, 4.69) is 10.1 Å². The molecule has 1 saturated heterocycles. The first-order valence-corrected chi connectivity index (χ1v) is 8.36. The smallest absolute Gasteiger partial charge is 0.319 e. The maximum Gasteiger partial charge on any atom is 0.319 e. The molecule has 1 aliphatic heterocycles. The predicted octanol–water partition coefficient (Wildman–Crippen LogP) is 2.12. The zero-order valence-corrected chi connectivity index (χ0v) is 13.5. The first-order chi connectivity index (χ1) is 11.0. The lowest BCUT2D eigenvalue weighted by Crippen LogP contribution is -2.51. The van der Waals surface area contributed by atoms with E-state index in [1.807, 2.05) is 0 Å². The van der Waals surface area contributed by atoms with Crippen LogP contribution in [0.15, 0.2) is 4.52 Å². The second kappa shape index (κ2) is 6.29. The minimum atomic E-state index is -1.20. The second-order valence-corrected chi connectivity index (χ2v) is 6.69. The summed E-state index contributed by atoms with van der Waals surface area (Å²) in [4.78, 5) is 30.6. The molecule has 7 heteroatoms. The molecule has 0 bridgehead atoms. The molecule has 126 valence electrons. The van der Waals surface area contributed by atoms with Gasteiger partial charge in [-0.05, 0) is 32.6 Å². The number of carboxylic acid groups (broad SMARTS) is 1. The fourth-order valence-corrected chi connectivity index (χ4v) is 3.79. The van der Waals surface area contributed by atoms with Gasteiger partial charge in [0.2, 0.25) is 11.8 Å². The fourth-order valence-electron chi connectivity index (χ4n) is 3.79. The molecule has 0 unspecified atom stereocenters. The van der Waals surface area contributed by atoms with Crippen molar-refractivity contribution in [3.63, 3.8) is 0 Å². The monoisotopic (exact) mass is 321 g/mol. The lowest BCUT2D eigenvalue weighted by molar-refractivity contribution is -0.164. The molecule has 1 aromatic rings. The van der Waals surface area contributed by atoms with Gasteiger partial charge in [-0.15, -0.1) is 0 Å². The minimum absolute atomic E-state index is 0.160. The molecule has 1 aromatic heterocycles. The van der Waals surface area contributed by atoms with E-state index in [1.165, 1.54) is 0 Å². The number of aromatic nitrogens is 2. The van der Waals surface area contributed by atoms with Crippen molar-refractivity contribution in [2.24, 2.45) is 5.41 Å². The molecule has 0 atom stereocenters. The Morgan fingerprint density at radius 3 is 2.39 bits per heavy atom. The van der Waals surface area contributed by atoms with Gasteiger partial charge in [0, 0.05) is 19.0 Å². The zero-order chi connectivity index (χ0) is 16.4. The van der Waals surface area contributed by atoms with Gasteiger partial charge in [-0.2, -0.15) is 4.98 Å². The summed E-state index contributed by atoms with van der Waals surface area (Å²) in [5.41, 5.74) is -1.20. The quantitative estimate of drug-likeness (QED) is 0.857. The van der Waals surface area contributed by atoms with E-state index in [1.54, 1.807) is 11.8 Å². The van der Waals surface area contributed by atoms with Gasteiger partial charge >= 0.3 is 5.97 Å². The lowest BCUT2D eigenvalue weighted by atomic mass is 9.72. The molecule has 2 aliphatic rings. The number of amides is 1. The molecule has 0 radical (unpaired) electrons. The number of carbonyl (C=O) groups excluding carboxylic acids is 1. The number of aliphatic carboxylic acids is 1. The third-order valence-corrected chi connectivity index (χ3v) is 5.20. The van der Waals surface area contributed by atoms with Gasteiger partial charge in [-0.25, -0.2) is 0 Å². The molecule has 23 heavy (non-hydrogen) atoms. The summed E-state index contributed by atoms with van der Waals surface area (Å²) >= 11 is 0. The van der Waals surface area contributed by atoms with Crippen LogP contribution in [0.5, 0.6) is 0 Å². The molecule has 0 aromatic carbocycles. The summed E-state index contributed by atoms with van der Waals surface area (Å²) in [6, 6.07) is 0. The van der Waals surface area contributed by atoms with E-state index in [-0.39, 0.29) is 11.8 Å². The van der Waals surface area contributed by atoms with E-state index in [0.29, 0.717) is 37.6 Å². The number of carboxylic acids is 1. The predicted molar refractivity (Wildman–Crippen MR) is 80.7 cm³/mol. The number of rotatable bonds is 3. The maximum absolute atomic E-state index is 12.9. The van der Waals surface area contributed by atoms with E-state index < -0.39 is 11.4 Å². The molecule has 1 saturated carbocycles. The van der Waals surface area contributed by atoms with Crippen molar-refractivity contribution in [2.75, 3.05) is 13.1 Å². The third kappa shape index (κ3) is 2.96. The number of aryl methyl sites for hydroxylation is 1. The Kier molecular flexibility index (Phi) is 4.37. The molecule has 3 rings (SSSR count). The van der Waals surface area contributed by atoms with Crippen LogP contribution in [-0.2, 0) is 9.59 Å². The van der Waals surface area contributed by atoms with Crippen LogP contribution in [0.3, 0.4) is 0 Å². The highest BCUT2D eigenvalue weighted by atomic mass is 16.5. The molecule has 1 N–H and O–H groups in total. The molecule has 1 aliphatic carbocycles. The molecule has 0 spiro atoms. The number of hydrogen-bond donors (Lipinski definition) is 1. The first kappa shape index (κ1) is 16.0. The summed E-state index contributed by atoms with van der Waals surface area (Å²) in [5.74, 6) is 0.236. The van der Waals surface area contributed by atoms with Crippen LogP contribution in [0.1, 0.15) is 62.6 Å². The van der Waals surface area contributed by atoms with Crippen molar-refractivity contribution >= 4 is 11.9 Å². The summed E-state index contributed by atoms with van der Waals surface area (Å²) < 4.78 is 5.22. The average molecular weight is 321 g/mol. The highest BCUT2D eigenvalue weighted by molar-refractivity contribution is 6.02. The van der Waals surface area contributed by atoms with Crippen LogP contribution in [0.25, 0.3) is 0 Å². The van der Waals surface area contributed by atoms with Crippen LogP contribution < -0.4 is 0 Å². The van der Waals surface area contributed by atoms with Gasteiger partial charge in [0.1, 0.15) is 5.41 Å². The van der Waals surface area contributed by atoms with Crippen molar-refractivity contribution in [2.45, 2.75) is 57.8 Å². The summed E-state index contributed by atoms with van der Waals surface area (Å²) in [5, 5.41) is 13.5. The van der Waals surface area contributed by atoms with Gasteiger partial charge < -0.3 is 14.5 Å². The Labute approximate surface area is 135 Å². The summed E-state index contributed by atoms with van der Waals surface area (Å²) in [6.07, 6.45) is 5.05. The van der Waals surface area contributed by atoms with Crippen LogP contribution in [0.4, 0.5) is 0 Å². The van der Waals surface area contributed by atoms with Crippen LogP contribution in [0.2, 0.25) is 0 Å². The third-order valence-electron chi connectivity index (χ3n) is 5.20. The summed E-state index contributed by atoms with van der Waals surface area (Å²) in [6.45, 7) is 2.89. The van der Waals surface area contributed by atoms with Gasteiger partial charge in [0.05, 0.1) is 0 Å². The highest BCUT2D eigenvalue weighted by Gasteiger charge is 2.49. The van der Waals surface area contributed by atoms with Crippen molar-refractivity contribution in [1.82, 2.24) is 15.0 Å². The van der Waals surface area contributed by atoms with Crippen molar-refractivity contribution in [3.8, 4) is 0 Å². The van der Waals surface area contributed by atoms with Crippen molar-refractivity contribution < 1.29 is 19.2 Å². The van der Waals surface area contributed by atoms with Crippen molar-refractivity contribution in [1.29, 1.82) is 0 Å². The topological polar surface area (TPSA) is 96.5 Å². The van der Waals surface area contributed by atoms with Crippen molar-refractivity contribution in [3.05, 3.63) is 11.7 Å². The molecular formula is C16H23N3O4. The van der Waals surface area contributed by atoms with Gasteiger partial charge in [-0.3, -0.25) is 9.59 Å². The number of hydrogen-bond acceptors (Lipinski definition) is 5. The Balaban J connectivity index is 1.66. The Bertz CT molecular complexity index is 584. The maximum atomic E-state index is 12.9. The number of nitrogens with zero attached hydrogens (tertiary/aromatic N) is 3. The first-order valence-electron chi connectivity index (χ1n) is 8.36. The van der Waals surface area contributed by atoms with E-state index in [4.69, 9.17) is 4.52 Å². The van der Waals surface area contributed by atoms with E-state index in [0.717, 1.165) is 32.1 Å². The highest BCUT2D eigenvalue weighted by Crippen LogP contribution is 2.39. The molecule has 2 heterocycles. The Morgan fingerprint density at radius 1 is 1.22 bits per heavy atom. The van der Waals surface area contributed by atoms with E-state index >= 15 is 0 Å². The zero-order valence-electron chi connectivity index (χ0n) is 13.5. The molecule has 2 fully saturated rings. The van der Waals surface area contributed by atoms with Gasteiger partial charge in [-0.1, -0.05) is 24.4 Å². The van der Waals surface area contributed by atoms with Gasteiger partial charge in [0.25, 0.3) is 0 Å². The molecular weight excluding hydrogens is 298 g/mol. The van der Waals surface area contributed by atoms with Gasteiger partial charge in [0.15, 0.2) is 5.82 Å². The largest absolute Gasteiger partial charge is 0.480 e. The number of likely N-dealkylation sites (tertiary alicyclic amines) is 1. The minimum Gasteiger partial charge on any atom is -0.480 e. The van der Waals surface area contributed by atoms with E-state index in [9.17, 15) is 14.7 Å². The van der Waals surface area contributed by atoms with Crippen LogP contribution in [-0.4, -0.2) is 45.1 Å². The average Bonchev–Trinajstić information content (AvgIpc) is 3.01. The summed E-state index contributed by atoms with van der Waals surface area (Å²) in [7, 11) is 0. The lowest BCUT2D eigenvalue weighted by Gasteiger charge is -2.39. The SMILES string of the molecule is Cc1noc(C2CCN(C(=O)C3(C(=O)O)CCCCC3)CC2)n1. The second-order valence-electron chi connectivity index (χ2n) is 6.69. The molecule has 7 nitrogen and oxygen atoms in total. The number of carbonyl (C=O) groups is 2. The number of piperidine rings is 1. The Hall–Kier alpha value is -1.92. The molecule has 1 amide bonds. The van der Waals surface area contributed by atoms with Crippen LogP contribution >= 0.6 is 0 Å². The Morgan fingerprint density at radius 2 is 1.87 bits per heavy atom. The normalized spacial score (nSPS) is 22.0. The van der Waals surface area contributed by atoms with Crippen LogP contribution in [0, 0.1) is 12.3 Å². The standard InChI is InChI=1S/C16H23N3O4/c1-11-17-13(23-18-11)12-5-9-19(10-6-12)14(20)16(15(21)22)7-3-2-4-8-16/h12H,2-10H2,1H3,(H,21,22).